The van der Waals surface area contributed by atoms with E-state index in [9.17, 15) is 9.59 Å². The monoisotopic (exact) mass is 366 g/mol. The third-order valence-corrected chi connectivity index (χ3v) is 4.32. The summed E-state index contributed by atoms with van der Waals surface area (Å²) < 4.78 is 7.84. The van der Waals surface area contributed by atoms with E-state index in [0.717, 1.165) is 22.2 Å². The molecule has 0 spiro atoms. The van der Waals surface area contributed by atoms with Crippen LogP contribution in [0.25, 0.3) is 10.9 Å². The molecule has 3 aromatic rings. The van der Waals surface area contributed by atoms with Gasteiger partial charge in [-0.1, -0.05) is 30.3 Å². The molecule has 0 bridgehead atoms. The largest absolute Gasteiger partial charge is 0.489 e. The van der Waals surface area contributed by atoms with Crippen molar-refractivity contribution in [1.82, 2.24) is 9.88 Å². The highest BCUT2D eigenvalue weighted by atomic mass is 16.5. The summed E-state index contributed by atoms with van der Waals surface area (Å²) in [6, 6.07) is 16.9. The number of ether oxygens (including phenoxy) is 1. The van der Waals surface area contributed by atoms with E-state index < -0.39 is 12.0 Å². The second-order valence-electron chi connectivity index (χ2n) is 6.38. The second-order valence-corrected chi connectivity index (χ2v) is 6.38. The van der Waals surface area contributed by atoms with Crippen LogP contribution in [0.5, 0.6) is 5.75 Å². The number of fused-ring (bicyclic) bond motifs is 1. The van der Waals surface area contributed by atoms with Crippen molar-refractivity contribution in [3.05, 3.63) is 66.4 Å². The topological polar surface area (TPSA) is 80.6 Å². The number of carbonyl (C=O) groups excluding carboxylic acids is 1. The van der Waals surface area contributed by atoms with E-state index in [2.05, 4.69) is 5.32 Å². The molecular formula is C21H22N2O4. The molecule has 0 aliphatic carbocycles. The summed E-state index contributed by atoms with van der Waals surface area (Å²) in [5.74, 6) is -0.576. The van der Waals surface area contributed by atoms with Crippen LogP contribution >= 0.6 is 0 Å². The van der Waals surface area contributed by atoms with Crippen LogP contribution in [0.4, 0.5) is 0 Å². The van der Waals surface area contributed by atoms with Crippen molar-refractivity contribution in [2.24, 2.45) is 0 Å². The average molecular weight is 366 g/mol. The van der Waals surface area contributed by atoms with Gasteiger partial charge in [0.05, 0.1) is 5.52 Å². The molecule has 6 nitrogen and oxygen atoms in total. The number of carbonyl (C=O) groups is 2. The van der Waals surface area contributed by atoms with Crippen molar-refractivity contribution in [2.45, 2.75) is 32.5 Å². The number of nitrogens with zero attached hydrogens (tertiary/aromatic N) is 1. The first kappa shape index (κ1) is 18.5. The zero-order chi connectivity index (χ0) is 19.2. The molecule has 27 heavy (non-hydrogen) atoms. The Balaban J connectivity index is 1.64. The number of benzene rings is 2. The van der Waals surface area contributed by atoms with Gasteiger partial charge in [0.1, 0.15) is 18.4 Å². The number of hydrogen-bond acceptors (Lipinski definition) is 3. The van der Waals surface area contributed by atoms with Gasteiger partial charge in [-0.3, -0.25) is 9.59 Å². The summed E-state index contributed by atoms with van der Waals surface area (Å²) in [4.78, 5) is 22.7. The predicted octanol–water partition coefficient (Wildman–Crippen LogP) is 3.20. The number of carboxylic acid groups (broad SMARTS) is 1. The summed E-state index contributed by atoms with van der Waals surface area (Å²) in [5.41, 5.74) is 2.07. The van der Waals surface area contributed by atoms with Gasteiger partial charge in [0.25, 0.3) is 0 Å². The molecule has 1 heterocycles. The van der Waals surface area contributed by atoms with Crippen LogP contribution in [-0.2, 0) is 22.7 Å². The number of aromatic nitrogens is 1. The van der Waals surface area contributed by atoms with E-state index in [0.29, 0.717) is 13.2 Å². The van der Waals surface area contributed by atoms with Crippen LogP contribution in [0.1, 0.15) is 18.9 Å². The molecule has 0 fully saturated rings. The molecule has 2 aromatic carbocycles. The Labute approximate surface area is 157 Å². The summed E-state index contributed by atoms with van der Waals surface area (Å²) in [6.07, 6.45) is 2.12. The number of aryl methyl sites for hydroxylation is 1. The zero-order valence-corrected chi connectivity index (χ0v) is 15.1. The highest BCUT2D eigenvalue weighted by molar-refractivity contribution is 5.84. The normalized spacial score (nSPS) is 11.9. The van der Waals surface area contributed by atoms with E-state index in [-0.39, 0.29) is 12.3 Å². The van der Waals surface area contributed by atoms with Gasteiger partial charge in [-0.05, 0) is 36.1 Å². The lowest BCUT2D eigenvalue weighted by Gasteiger charge is -2.11. The Hall–Kier alpha value is -3.28. The maximum atomic E-state index is 11.9. The third kappa shape index (κ3) is 4.88. The molecule has 0 unspecified atom stereocenters. The number of amides is 1. The van der Waals surface area contributed by atoms with E-state index >= 15 is 0 Å². The Morgan fingerprint density at radius 3 is 2.67 bits per heavy atom. The maximum absolute atomic E-state index is 11.9. The summed E-state index contributed by atoms with van der Waals surface area (Å²) in [6.45, 7) is 2.40. The molecule has 0 radical (unpaired) electrons. The quantitative estimate of drug-likeness (QED) is 0.642. The van der Waals surface area contributed by atoms with Crippen LogP contribution in [0, 0.1) is 0 Å². The molecule has 0 aliphatic heterocycles. The molecule has 6 heteroatoms. The van der Waals surface area contributed by atoms with E-state index in [1.165, 1.54) is 6.92 Å². The van der Waals surface area contributed by atoms with Crippen molar-refractivity contribution in [3.63, 3.8) is 0 Å². The minimum atomic E-state index is -1.05. The van der Waals surface area contributed by atoms with Crippen molar-refractivity contribution in [1.29, 1.82) is 0 Å². The zero-order valence-electron chi connectivity index (χ0n) is 15.1. The molecular weight excluding hydrogens is 344 g/mol. The lowest BCUT2D eigenvalue weighted by molar-refractivity contribution is -0.141. The minimum absolute atomic E-state index is 0.205. The Bertz CT molecular complexity index is 934. The van der Waals surface area contributed by atoms with E-state index in [4.69, 9.17) is 9.84 Å². The number of rotatable bonds is 8. The Morgan fingerprint density at radius 2 is 1.93 bits per heavy atom. The van der Waals surface area contributed by atoms with Crippen LogP contribution in [0.15, 0.2) is 60.8 Å². The van der Waals surface area contributed by atoms with Gasteiger partial charge in [0.2, 0.25) is 5.91 Å². The van der Waals surface area contributed by atoms with Crippen LogP contribution < -0.4 is 10.1 Å². The first-order valence-corrected chi connectivity index (χ1v) is 8.81. The number of aliphatic carboxylic acids is 1. The molecule has 1 amide bonds. The number of hydrogen-bond donors (Lipinski definition) is 2. The average Bonchev–Trinajstić information content (AvgIpc) is 3.07. The van der Waals surface area contributed by atoms with Gasteiger partial charge < -0.3 is 19.7 Å². The first-order valence-electron chi connectivity index (χ1n) is 8.81. The Kier molecular flexibility index (Phi) is 5.76. The van der Waals surface area contributed by atoms with Gasteiger partial charge in [-0.2, -0.15) is 0 Å². The van der Waals surface area contributed by atoms with Crippen molar-refractivity contribution in [3.8, 4) is 5.75 Å². The lowest BCUT2D eigenvalue weighted by atomic mass is 10.2. The van der Waals surface area contributed by atoms with Gasteiger partial charge >= 0.3 is 5.97 Å². The lowest BCUT2D eigenvalue weighted by Crippen LogP contribution is -2.38. The van der Waals surface area contributed by atoms with Gasteiger partial charge in [0.15, 0.2) is 0 Å². The van der Waals surface area contributed by atoms with E-state index in [1.807, 2.05) is 65.4 Å². The number of nitrogens with one attached hydrogen (secondary N) is 1. The molecule has 140 valence electrons. The minimum Gasteiger partial charge on any atom is -0.489 e. The molecule has 1 atom stereocenters. The van der Waals surface area contributed by atoms with Crippen LogP contribution in [-0.4, -0.2) is 27.6 Å². The standard InChI is InChI=1S/C21H22N2O4/c1-15(21(25)26)22-20(24)10-12-23-11-9-17-7-8-18(13-19(17)23)27-14-16-5-3-2-4-6-16/h2-9,11,13,15H,10,12,14H2,1H3,(H,22,24)(H,25,26)/t15-/m0/s1. The van der Waals surface area contributed by atoms with E-state index in [1.54, 1.807) is 0 Å². The fraction of sp³-hybridized carbons (Fsp3) is 0.238. The van der Waals surface area contributed by atoms with Crippen LogP contribution in [0.2, 0.25) is 0 Å². The predicted molar refractivity (Wildman–Crippen MR) is 103 cm³/mol. The molecule has 0 aliphatic rings. The van der Waals surface area contributed by atoms with Gasteiger partial charge in [-0.15, -0.1) is 0 Å². The Morgan fingerprint density at radius 1 is 1.15 bits per heavy atom. The van der Waals surface area contributed by atoms with Crippen molar-refractivity contribution < 1.29 is 19.4 Å². The molecule has 1 aromatic heterocycles. The fourth-order valence-corrected chi connectivity index (χ4v) is 2.79. The molecule has 0 saturated carbocycles. The molecule has 2 N–H and O–H groups in total. The third-order valence-electron chi connectivity index (χ3n) is 4.32. The fourth-order valence-electron chi connectivity index (χ4n) is 2.79. The van der Waals surface area contributed by atoms with Gasteiger partial charge in [0, 0.05) is 25.2 Å². The maximum Gasteiger partial charge on any atom is 0.325 e. The van der Waals surface area contributed by atoms with Crippen molar-refractivity contribution >= 4 is 22.8 Å². The highest BCUT2D eigenvalue weighted by Crippen LogP contribution is 2.23. The van der Waals surface area contributed by atoms with Crippen molar-refractivity contribution in [2.75, 3.05) is 0 Å². The summed E-state index contributed by atoms with van der Waals surface area (Å²) >= 11 is 0. The second kappa shape index (κ2) is 8.40. The first-order chi connectivity index (χ1) is 13.0. The summed E-state index contributed by atoms with van der Waals surface area (Å²) in [7, 11) is 0. The van der Waals surface area contributed by atoms with Crippen LogP contribution in [0.3, 0.4) is 0 Å². The van der Waals surface area contributed by atoms with Gasteiger partial charge in [-0.25, -0.2) is 0 Å². The smallest absolute Gasteiger partial charge is 0.325 e. The summed E-state index contributed by atoms with van der Waals surface area (Å²) in [5, 5.41) is 12.4. The number of carboxylic acids is 1. The molecule has 3 rings (SSSR count). The molecule has 0 saturated heterocycles. The highest BCUT2D eigenvalue weighted by Gasteiger charge is 2.14. The SMILES string of the molecule is C[C@H](NC(=O)CCn1ccc2ccc(OCc3ccccc3)cc21)C(=O)O.